The average Bonchev–Trinajstić information content (AvgIpc) is 3.06. The minimum absolute atomic E-state index is 0.00991. The Morgan fingerprint density at radius 2 is 1.77 bits per heavy atom. The van der Waals surface area contributed by atoms with Crippen molar-refractivity contribution in [1.29, 1.82) is 0 Å². The zero-order chi connectivity index (χ0) is 25.6. The summed E-state index contributed by atoms with van der Waals surface area (Å²) in [5.74, 6) is -1.32. The predicted molar refractivity (Wildman–Crippen MR) is 140 cm³/mol. The standard InChI is InChI=1S/C23H15Cl3N4O4S/c1-11-8-13(12(2)28(11)14-6-7-18(30(33)34)17(25)10-14)9-15-21(31)27-23(35)29(22(15)32)19-5-3-4-16(24)20(19)26/h3-10H,1-2H3,(H,27,31,35)/b15-9+. The molecule has 0 bridgehead atoms. The lowest BCUT2D eigenvalue weighted by molar-refractivity contribution is -0.384. The van der Waals surface area contributed by atoms with E-state index >= 15 is 0 Å². The number of hydrogen-bond acceptors (Lipinski definition) is 5. The molecule has 2 heterocycles. The van der Waals surface area contributed by atoms with Crippen molar-refractivity contribution in [2.45, 2.75) is 13.8 Å². The van der Waals surface area contributed by atoms with Crippen molar-refractivity contribution in [3.8, 4) is 5.69 Å². The Kier molecular flexibility index (Phi) is 6.70. The van der Waals surface area contributed by atoms with Gasteiger partial charge in [0.05, 0.1) is 20.7 Å². The molecule has 1 aliphatic rings. The first-order valence-electron chi connectivity index (χ1n) is 10.00. The Labute approximate surface area is 219 Å². The number of halogens is 3. The molecular formula is C23H15Cl3N4O4S. The molecular weight excluding hydrogens is 535 g/mol. The highest BCUT2D eigenvalue weighted by molar-refractivity contribution is 7.80. The number of rotatable bonds is 4. The number of hydrogen-bond donors (Lipinski definition) is 1. The SMILES string of the molecule is Cc1cc(/C=C2\C(=O)NC(=S)N(c3cccc(Cl)c3Cl)C2=O)c(C)n1-c1ccc([N+](=O)[O-])c(Cl)c1. The van der Waals surface area contributed by atoms with Crippen LogP contribution in [0.2, 0.25) is 15.1 Å². The van der Waals surface area contributed by atoms with Gasteiger partial charge in [0.25, 0.3) is 17.5 Å². The summed E-state index contributed by atoms with van der Waals surface area (Å²) in [6.07, 6.45) is 1.46. The Morgan fingerprint density at radius 3 is 2.43 bits per heavy atom. The molecule has 1 aromatic heterocycles. The van der Waals surface area contributed by atoms with Gasteiger partial charge in [-0.25, -0.2) is 0 Å². The monoisotopic (exact) mass is 548 g/mol. The fourth-order valence-corrected chi connectivity index (χ4v) is 4.71. The first kappa shape index (κ1) is 24.9. The number of nitro benzene ring substituents is 1. The van der Waals surface area contributed by atoms with Gasteiger partial charge in [-0.1, -0.05) is 40.9 Å². The molecule has 178 valence electrons. The Morgan fingerprint density at radius 1 is 1.06 bits per heavy atom. The summed E-state index contributed by atoms with van der Waals surface area (Å²) in [6.45, 7) is 3.61. The van der Waals surface area contributed by atoms with Crippen LogP contribution < -0.4 is 10.2 Å². The van der Waals surface area contributed by atoms with Gasteiger partial charge < -0.3 is 4.57 Å². The third-order valence-electron chi connectivity index (χ3n) is 5.43. The van der Waals surface area contributed by atoms with Crippen LogP contribution in [0.15, 0.2) is 48.0 Å². The van der Waals surface area contributed by atoms with Crippen molar-refractivity contribution in [2.75, 3.05) is 4.90 Å². The van der Waals surface area contributed by atoms with Crippen LogP contribution in [0.5, 0.6) is 0 Å². The zero-order valence-corrected chi connectivity index (χ0v) is 21.2. The summed E-state index contributed by atoms with van der Waals surface area (Å²) in [6, 6.07) is 10.9. The number of aromatic nitrogens is 1. The molecule has 0 spiro atoms. The van der Waals surface area contributed by atoms with Crippen molar-refractivity contribution < 1.29 is 14.5 Å². The van der Waals surface area contributed by atoms with E-state index in [9.17, 15) is 19.7 Å². The van der Waals surface area contributed by atoms with E-state index in [1.807, 2.05) is 11.5 Å². The topological polar surface area (TPSA) is 97.5 Å². The van der Waals surface area contributed by atoms with Gasteiger partial charge in [0, 0.05) is 23.1 Å². The smallest absolute Gasteiger partial charge is 0.288 e. The van der Waals surface area contributed by atoms with E-state index in [0.29, 0.717) is 16.9 Å². The number of benzene rings is 2. The summed E-state index contributed by atoms with van der Waals surface area (Å²) in [5, 5.41) is 13.8. The van der Waals surface area contributed by atoms with Gasteiger partial charge in [0.1, 0.15) is 10.6 Å². The van der Waals surface area contributed by atoms with Crippen LogP contribution in [0.3, 0.4) is 0 Å². The van der Waals surface area contributed by atoms with E-state index in [4.69, 9.17) is 47.0 Å². The molecule has 0 radical (unpaired) electrons. The largest absolute Gasteiger partial charge is 0.318 e. The number of anilines is 1. The van der Waals surface area contributed by atoms with E-state index in [1.54, 1.807) is 37.3 Å². The molecule has 4 rings (SSSR count). The van der Waals surface area contributed by atoms with Gasteiger partial charge in [-0.15, -0.1) is 0 Å². The van der Waals surface area contributed by atoms with Gasteiger partial charge in [0.2, 0.25) is 0 Å². The van der Waals surface area contributed by atoms with Gasteiger partial charge in [-0.2, -0.15) is 0 Å². The maximum Gasteiger partial charge on any atom is 0.288 e. The number of amides is 2. The van der Waals surface area contributed by atoms with Crippen LogP contribution in [-0.2, 0) is 9.59 Å². The van der Waals surface area contributed by atoms with Crippen LogP contribution in [-0.4, -0.2) is 26.4 Å². The van der Waals surface area contributed by atoms with E-state index in [1.165, 1.54) is 18.2 Å². The van der Waals surface area contributed by atoms with Gasteiger partial charge in [-0.3, -0.25) is 29.9 Å². The molecule has 3 aromatic rings. The minimum atomic E-state index is -0.661. The second-order valence-corrected chi connectivity index (χ2v) is 9.16. The highest BCUT2D eigenvalue weighted by Crippen LogP contribution is 2.35. The number of nitrogens with one attached hydrogen (secondary N) is 1. The molecule has 0 unspecified atom stereocenters. The molecule has 8 nitrogen and oxygen atoms in total. The fourth-order valence-electron chi connectivity index (χ4n) is 3.81. The van der Waals surface area contributed by atoms with Crippen LogP contribution >= 0.6 is 47.0 Å². The summed E-state index contributed by atoms with van der Waals surface area (Å²) in [7, 11) is 0. The predicted octanol–water partition coefficient (Wildman–Crippen LogP) is 5.79. The zero-order valence-electron chi connectivity index (χ0n) is 18.1. The molecule has 0 saturated carbocycles. The summed E-state index contributed by atoms with van der Waals surface area (Å²) < 4.78 is 1.81. The number of thiocarbonyl (C=S) groups is 1. The lowest BCUT2D eigenvalue weighted by Gasteiger charge is -2.29. The average molecular weight is 550 g/mol. The van der Waals surface area contributed by atoms with E-state index in [0.717, 1.165) is 10.6 Å². The quantitative estimate of drug-likeness (QED) is 0.146. The van der Waals surface area contributed by atoms with Gasteiger partial charge >= 0.3 is 0 Å². The number of carbonyl (C=O) groups excluding carboxylic acids is 2. The maximum atomic E-state index is 13.4. The summed E-state index contributed by atoms with van der Waals surface area (Å²) in [4.78, 5) is 37.7. The first-order valence-corrected chi connectivity index (χ1v) is 11.5. The van der Waals surface area contributed by atoms with Crippen molar-refractivity contribution >= 4 is 81.4 Å². The number of aryl methyl sites for hydroxylation is 1. The summed E-state index contributed by atoms with van der Waals surface area (Å²) >= 11 is 23.7. The number of nitrogens with zero attached hydrogens (tertiary/aromatic N) is 3. The van der Waals surface area contributed by atoms with Crippen molar-refractivity contribution in [3.63, 3.8) is 0 Å². The van der Waals surface area contributed by atoms with Crippen LogP contribution in [0, 0.1) is 24.0 Å². The highest BCUT2D eigenvalue weighted by Gasteiger charge is 2.36. The lowest BCUT2D eigenvalue weighted by Crippen LogP contribution is -2.54. The van der Waals surface area contributed by atoms with E-state index < -0.39 is 16.7 Å². The van der Waals surface area contributed by atoms with Crippen LogP contribution in [0.25, 0.3) is 11.8 Å². The van der Waals surface area contributed by atoms with Crippen LogP contribution in [0.1, 0.15) is 17.0 Å². The van der Waals surface area contributed by atoms with Crippen molar-refractivity contribution in [2.24, 2.45) is 0 Å². The maximum absolute atomic E-state index is 13.4. The van der Waals surface area contributed by atoms with Gasteiger partial charge in [-0.05, 0) is 68.0 Å². The van der Waals surface area contributed by atoms with E-state index in [2.05, 4.69) is 5.32 Å². The molecule has 0 aliphatic carbocycles. The Hall–Kier alpha value is -3.24. The van der Waals surface area contributed by atoms with Gasteiger partial charge in [0.15, 0.2) is 5.11 Å². The molecule has 0 atom stereocenters. The normalized spacial score (nSPS) is 15.1. The second kappa shape index (κ2) is 9.43. The molecule has 35 heavy (non-hydrogen) atoms. The molecule has 1 fully saturated rings. The second-order valence-electron chi connectivity index (χ2n) is 7.59. The molecule has 2 aromatic carbocycles. The first-order chi connectivity index (χ1) is 16.5. The minimum Gasteiger partial charge on any atom is -0.318 e. The fraction of sp³-hybridized carbons (Fsp3) is 0.0870. The molecule has 12 heteroatoms. The summed E-state index contributed by atoms with van der Waals surface area (Å²) in [5.41, 5.74) is 2.49. The molecule has 2 amide bonds. The number of nitro groups is 1. The molecule has 1 saturated heterocycles. The third kappa shape index (κ3) is 4.43. The molecule has 1 N–H and O–H groups in total. The molecule has 1 aliphatic heterocycles. The highest BCUT2D eigenvalue weighted by atomic mass is 35.5. The van der Waals surface area contributed by atoms with Crippen LogP contribution in [0.4, 0.5) is 11.4 Å². The Balaban J connectivity index is 1.78. The Bertz CT molecular complexity index is 1480. The third-order valence-corrected chi connectivity index (χ3v) is 6.83. The van der Waals surface area contributed by atoms with Crippen molar-refractivity contribution in [1.82, 2.24) is 9.88 Å². The lowest BCUT2D eigenvalue weighted by atomic mass is 10.1. The number of carbonyl (C=O) groups is 2. The van der Waals surface area contributed by atoms with E-state index in [-0.39, 0.29) is 37.1 Å². The van der Waals surface area contributed by atoms with Crippen molar-refractivity contribution in [3.05, 3.63) is 90.2 Å².